The topological polar surface area (TPSA) is 80.4 Å². The Morgan fingerprint density at radius 1 is 1.27 bits per heavy atom. The van der Waals surface area contributed by atoms with Crippen molar-refractivity contribution in [3.8, 4) is 0 Å². The molecule has 0 bridgehead atoms. The largest absolute Gasteiger partial charge is 0.481 e. The molecule has 0 aromatic carbocycles. The van der Waals surface area contributed by atoms with Crippen LogP contribution in [0, 0.1) is 11.8 Å². The van der Waals surface area contributed by atoms with Crippen LogP contribution in [0.2, 0.25) is 0 Å². The van der Waals surface area contributed by atoms with E-state index in [9.17, 15) is 9.59 Å². The van der Waals surface area contributed by atoms with Crippen LogP contribution in [0.5, 0.6) is 0 Å². The minimum absolute atomic E-state index is 0.212. The van der Waals surface area contributed by atoms with E-state index in [2.05, 4.69) is 0 Å². The highest BCUT2D eigenvalue weighted by Crippen LogP contribution is 2.30. The van der Waals surface area contributed by atoms with E-state index in [4.69, 9.17) is 10.8 Å². The van der Waals surface area contributed by atoms with E-state index in [1.165, 1.54) is 0 Å². The molecule has 0 radical (unpaired) electrons. The van der Waals surface area contributed by atoms with E-state index in [0.717, 1.165) is 0 Å². The minimum atomic E-state index is -0.811. The zero-order valence-electron chi connectivity index (χ0n) is 6.12. The van der Waals surface area contributed by atoms with Gasteiger partial charge in [-0.25, -0.2) is 0 Å². The van der Waals surface area contributed by atoms with Gasteiger partial charge >= 0.3 is 5.97 Å². The van der Waals surface area contributed by atoms with Crippen LogP contribution in [0.1, 0.15) is 19.3 Å². The highest BCUT2D eigenvalue weighted by atomic mass is 16.4. The number of amides is 1. The Hall–Kier alpha value is -1.06. The maximum atomic E-state index is 10.6. The fourth-order valence-corrected chi connectivity index (χ4v) is 1.46. The summed E-state index contributed by atoms with van der Waals surface area (Å²) in [5, 5.41) is 8.56. The molecule has 0 aromatic heterocycles. The molecule has 0 aromatic rings. The molecule has 4 heteroatoms. The normalized spacial score (nSPS) is 30.2. The third kappa shape index (κ3) is 1.69. The van der Waals surface area contributed by atoms with Crippen LogP contribution in [-0.4, -0.2) is 17.0 Å². The molecule has 1 unspecified atom stereocenters. The second-order valence-electron chi connectivity index (χ2n) is 2.95. The lowest BCUT2D eigenvalue weighted by molar-refractivity contribution is -0.141. The molecule has 0 spiro atoms. The second kappa shape index (κ2) is 2.90. The first-order valence-electron chi connectivity index (χ1n) is 3.63. The number of carboxylic acids is 1. The summed E-state index contributed by atoms with van der Waals surface area (Å²) in [6.07, 6.45) is 1.64. The summed E-state index contributed by atoms with van der Waals surface area (Å²) in [6.45, 7) is 0. The summed E-state index contributed by atoms with van der Waals surface area (Å²) in [7, 11) is 0. The van der Waals surface area contributed by atoms with Gasteiger partial charge in [0.15, 0.2) is 0 Å². The summed E-state index contributed by atoms with van der Waals surface area (Å²) in [5.74, 6) is -1.74. The van der Waals surface area contributed by atoms with Gasteiger partial charge < -0.3 is 10.8 Å². The van der Waals surface area contributed by atoms with Crippen molar-refractivity contribution < 1.29 is 14.7 Å². The minimum Gasteiger partial charge on any atom is -0.481 e. The Morgan fingerprint density at radius 2 is 1.82 bits per heavy atom. The second-order valence-corrected chi connectivity index (χ2v) is 2.95. The van der Waals surface area contributed by atoms with Crippen molar-refractivity contribution in [1.82, 2.24) is 0 Å². The van der Waals surface area contributed by atoms with Crippen LogP contribution in [0.15, 0.2) is 0 Å². The Morgan fingerprint density at radius 3 is 2.09 bits per heavy atom. The molecule has 1 aliphatic rings. The van der Waals surface area contributed by atoms with Gasteiger partial charge in [0.05, 0.1) is 5.92 Å². The van der Waals surface area contributed by atoms with Crippen molar-refractivity contribution >= 4 is 11.9 Å². The molecule has 62 valence electrons. The van der Waals surface area contributed by atoms with Crippen molar-refractivity contribution in [3.05, 3.63) is 0 Å². The zero-order chi connectivity index (χ0) is 8.43. The molecule has 1 rings (SSSR count). The van der Waals surface area contributed by atoms with Gasteiger partial charge in [-0.05, 0) is 19.3 Å². The Balaban J connectivity index is 2.47. The summed E-state index contributed by atoms with van der Waals surface area (Å²) < 4.78 is 0. The van der Waals surface area contributed by atoms with Crippen molar-refractivity contribution in [1.29, 1.82) is 0 Å². The summed E-state index contributed by atoms with van der Waals surface area (Å²) in [5.41, 5.74) is 5.03. The lowest BCUT2D eigenvalue weighted by Crippen LogP contribution is -2.21. The van der Waals surface area contributed by atoms with Gasteiger partial charge in [-0.1, -0.05) is 0 Å². The van der Waals surface area contributed by atoms with E-state index in [1.807, 2.05) is 0 Å². The molecular weight excluding hydrogens is 146 g/mol. The molecule has 3 N–H and O–H groups in total. The zero-order valence-corrected chi connectivity index (χ0v) is 6.12. The molecule has 0 saturated heterocycles. The smallest absolute Gasteiger partial charge is 0.306 e. The number of rotatable bonds is 2. The predicted molar refractivity (Wildman–Crippen MR) is 37.7 cm³/mol. The molecular formula is C7H11NO3. The van der Waals surface area contributed by atoms with E-state index >= 15 is 0 Å². The lowest BCUT2D eigenvalue weighted by atomic mass is 10.1. The molecule has 1 saturated carbocycles. The average Bonchev–Trinajstić information content (AvgIpc) is 2.33. The highest BCUT2D eigenvalue weighted by molar-refractivity contribution is 5.79. The van der Waals surface area contributed by atoms with Crippen molar-refractivity contribution in [2.24, 2.45) is 17.6 Å². The number of hydrogen-bond acceptors (Lipinski definition) is 2. The van der Waals surface area contributed by atoms with Crippen molar-refractivity contribution in [2.45, 2.75) is 19.3 Å². The average molecular weight is 157 g/mol. The van der Waals surface area contributed by atoms with Gasteiger partial charge in [0, 0.05) is 5.92 Å². The number of carbonyl (C=O) groups is 2. The van der Waals surface area contributed by atoms with E-state index in [1.54, 1.807) is 0 Å². The third-order valence-corrected chi connectivity index (χ3v) is 2.18. The molecule has 0 heterocycles. The number of nitrogens with two attached hydrogens (primary N) is 1. The molecule has 1 aliphatic carbocycles. The monoisotopic (exact) mass is 157 g/mol. The molecule has 0 aliphatic heterocycles. The molecule has 1 amide bonds. The van der Waals surface area contributed by atoms with Crippen LogP contribution in [0.25, 0.3) is 0 Å². The van der Waals surface area contributed by atoms with Gasteiger partial charge in [0.25, 0.3) is 0 Å². The third-order valence-electron chi connectivity index (χ3n) is 2.18. The van der Waals surface area contributed by atoms with Crippen molar-refractivity contribution in [2.75, 3.05) is 0 Å². The van der Waals surface area contributed by atoms with E-state index < -0.39 is 5.97 Å². The summed E-state index contributed by atoms with van der Waals surface area (Å²) in [6, 6.07) is 0. The van der Waals surface area contributed by atoms with Gasteiger partial charge in [-0.2, -0.15) is 0 Å². The van der Waals surface area contributed by atoms with Crippen LogP contribution in [-0.2, 0) is 9.59 Å². The van der Waals surface area contributed by atoms with Crippen LogP contribution < -0.4 is 5.73 Å². The number of carboxylic acid groups (broad SMARTS) is 1. The Bertz CT molecular complexity index is 170. The van der Waals surface area contributed by atoms with Gasteiger partial charge in [0.2, 0.25) is 5.91 Å². The maximum absolute atomic E-state index is 10.6. The van der Waals surface area contributed by atoms with Crippen molar-refractivity contribution in [3.63, 3.8) is 0 Å². The number of aliphatic carboxylic acids is 1. The maximum Gasteiger partial charge on any atom is 0.306 e. The van der Waals surface area contributed by atoms with E-state index in [-0.39, 0.29) is 17.7 Å². The number of carbonyl (C=O) groups excluding carboxylic acids is 1. The van der Waals surface area contributed by atoms with Crippen LogP contribution in [0.3, 0.4) is 0 Å². The fourth-order valence-electron chi connectivity index (χ4n) is 1.46. The molecule has 1 fully saturated rings. The Labute approximate surface area is 64.4 Å². The first-order valence-corrected chi connectivity index (χ1v) is 3.63. The lowest BCUT2D eigenvalue weighted by Gasteiger charge is -2.02. The molecule has 2 atom stereocenters. The van der Waals surface area contributed by atoms with Crippen LogP contribution in [0.4, 0.5) is 0 Å². The van der Waals surface area contributed by atoms with Gasteiger partial charge in [0.1, 0.15) is 0 Å². The SMILES string of the molecule is NC(=O)C1CC[C@@H](C(=O)O)C1. The summed E-state index contributed by atoms with van der Waals surface area (Å²) in [4.78, 5) is 21.0. The Kier molecular flexibility index (Phi) is 2.12. The van der Waals surface area contributed by atoms with Gasteiger partial charge in [-0.3, -0.25) is 9.59 Å². The van der Waals surface area contributed by atoms with Gasteiger partial charge in [-0.15, -0.1) is 0 Å². The standard InChI is InChI=1S/C7H11NO3/c8-6(9)4-1-2-5(3-4)7(10)11/h4-5H,1-3H2,(H2,8,9)(H,10,11)/t4?,5-/m1/s1. The highest BCUT2D eigenvalue weighted by Gasteiger charge is 2.32. The quantitative estimate of drug-likeness (QED) is 0.590. The number of hydrogen-bond donors (Lipinski definition) is 2. The summed E-state index contributed by atoms with van der Waals surface area (Å²) >= 11 is 0. The first-order chi connectivity index (χ1) is 5.11. The molecule has 11 heavy (non-hydrogen) atoms. The predicted octanol–water partition coefficient (Wildman–Crippen LogP) is -0.0274. The molecule has 4 nitrogen and oxygen atoms in total. The van der Waals surface area contributed by atoms with Crippen LogP contribution >= 0.6 is 0 Å². The van der Waals surface area contributed by atoms with E-state index in [0.29, 0.717) is 19.3 Å². The number of primary amides is 1. The fraction of sp³-hybridized carbons (Fsp3) is 0.714. The first kappa shape index (κ1) is 8.04.